The Morgan fingerprint density at radius 2 is 1.68 bits per heavy atom. The summed E-state index contributed by atoms with van der Waals surface area (Å²) in [6.07, 6.45) is 0. The number of hydrogen-bond donors (Lipinski definition) is 1. The highest BCUT2D eigenvalue weighted by atomic mass is 16.4. The van der Waals surface area contributed by atoms with Gasteiger partial charge in [0.15, 0.2) is 0 Å². The van der Waals surface area contributed by atoms with Crippen LogP contribution in [-0.2, 0) is 4.79 Å². The maximum Gasteiger partial charge on any atom is 0.221 e. The van der Waals surface area contributed by atoms with E-state index in [0.717, 1.165) is 11.1 Å². The molecule has 4 heteroatoms. The van der Waals surface area contributed by atoms with Crippen molar-refractivity contribution in [3.63, 3.8) is 0 Å². The molecule has 96 valence electrons. The molecule has 0 atom stereocenters. The van der Waals surface area contributed by atoms with E-state index in [4.69, 9.17) is 0 Å². The third-order valence-corrected chi connectivity index (χ3v) is 2.64. The number of carbonyl (C=O) groups excluding carboxylic acids is 2. The fourth-order valence-corrected chi connectivity index (χ4v) is 1.78. The summed E-state index contributed by atoms with van der Waals surface area (Å²) in [4.78, 5) is 21.7. The van der Waals surface area contributed by atoms with Gasteiger partial charge in [-0.1, -0.05) is 36.4 Å². The van der Waals surface area contributed by atoms with Crippen LogP contribution in [0.3, 0.4) is 0 Å². The topological polar surface area (TPSA) is 69.2 Å². The van der Waals surface area contributed by atoms with E-state index < -0.39 is 5.97 Å². The summed E-state index contributed by atoms with van der Waals surface area (Å²) < 4.78 is 0. The minimum absolute atomic E-state index is 0.135. The monoisotopic (exact) mass is 254 g/mol. The second kappa shape index (κ2) is 5.35. The highest BCUT2D eigenvalue weighted by Gasteiger charge is 2.01. The third-order valence-electron chi connectivity index (χ3n) is 2.64. The number of nitrogens with one attached hydrogen (secondary N) is 1. The summed E-state index contributed by atoms with van der Waals surface area (Å²) in [5, 5.41) is 13.4. The molecule has 0 saturated heterocycles. The molecular weight excluding hydrogens is 242 g/mol. The molecule has 0 saturated carbocycles. The van der Waals surface area contributed by atoms with Gasteiger partial charge in [-0.15, -0.1) is 0 Å². The fraction of sp³-hybridized carbons (Fsp3) is 0.0667. The molecule has 1 amide bonds. The molecule has 1 N–H and O–H groups in total. The molecule has 0 aromatic heterocycles. The number of hydrogen-bond acceptors (Lipinski definition) is 3. The first-order chi connectivity index (χ1) is 9.06. The van der Waals surface area contributed by atoms with E-state index in [0.29, 0.717) is 5.69 Å². The van der Waals surface area contributed by atoms with Crippen LogP contribution < -0.4 is 10.4 Å². The Labute approximate surface area is 110 Å². The maximum absolute atomic E-state index is 11.0. The number of anilines is 1. The largest absolute Gasteiger partial charge is 0.545 e. The Hall–Kier alpha value is -2.62. The van der Waals surface area contributed by atoms with Crippen LogP contribution in [0.4, 0.5) is 5.69 Å². The molecular formula is C15H12NO3-. The molecule has 0 heterocycles. The molecule has 2 aromatic carbocycles. The van der Waals surface area contributed by atoms with E-state index in [-0.39, 0.29) is 11.5 Å². The lowest BCUT2D eigenvalue weighted by atomic mass is 10.0. The molecule has 0 spiro atoms. The lowest BCUT2D eigenvalue weighted by Crippen LogP contribution is -2.21. The average Bonchev–Trinajstić information content (AvgIpc) is 2.38. The van der Waals surface area contributed by atoms with E-state index in [9.17, 15) is 14.7 Å². The van der Waals surface area contributed by atoms with E-state index in [2.05, 4.69) is 5.32 Å². The van der Waals surface area contributed by atoms with Gasteiger partial charge in [-0.25, -0.2) is 0 Å². The Kier molecular flexibility index (Phi) is 3.61. The summed E-state index contributed by atoms with van der Waals surface area (Å²) in [7, 11) is 0. The number of carboxylic acid groups (broad SMARTS) is 1. The van der Waals surface area contributed by atoms with Gasteiger partial charge in [0.05, 0.1) is 5.97 Å². The lowest BCUT2D eigenvalue weighted by molar-refractivity contribution is -0.255. The number of rotatable bonds is 3. The predicted octanol–water partition coefficient (Wildman–Crippen LogP) is 1.68. The second-order valence-corrected chi connectivity index (χ2v) is 4.13. The van der Waals surface area contributed by atoms with Crippen LogP contribution in [0.15, 0.2) is 48.5 Å². The quantitative estimate of drug-likeness (QED) is 0.905. The van der Waals surface area contributed by atoms with Crippen molar-refractivity contribution in [2.45, 2.75) is 6.92 Å². The zero-order valence-electron chi connectivity index (χ0n) is 10.3. The van der Waals surface area contributed by atoms with Gasteiger partial charge in [0.25, 0.3) is 0 Å². The second-order valence-electron chi connectivity index (χ2n) is 4.13. The number of benzene rings is 2. The zero-order chi connectivity index (χ0) is 13.8. The molecule has 4 nitrogen and oxygen atoms in total. The lowest BCUT2D eigenvalue weighted by Gasteiger charge is -2.07. The predicted molar refractivity (Wildman–Crippen MR) is 70.5 cm³/mol. The SMILES string of the molecule is CC(=O)Nc1cccc(-c2ccc(C(=O)[O-])cc2)c1. The van der Waals surface area contributed by atoms with Gasteiger partial charge in [-0.05, 0) is 28.8 Å². The van der Waals surface area contributed by atoms with Crippen molar-refractivity contribution in [1.29, 1.82) is 0 Å². The van der Waals surface area contributed by atoms with Crippen LogP contribution >= 0.6 is 0 Å². The first-order valence-corrected chi connectivity index (χ1v) is 5.76. The normalized spacial score (nSPS) is 9.95. The minimum atomic E-state index is -1.20. The van der Waals surface area contributed by atoms with Gasteiger partial charge < -0.3 is 15.2 Å². The van der Waals surface area contributed by atoms with Crippen LogP contribution in [0.1, 0.15) is 17.3 Å². The van der Waals surface area contributed by atoms with Crippen LogP contribution in [0.25, 0.3) is 11.1 Å². The summed E-state index contributed by atoms with van der Waals surface area (Å²) in [5.74, 6) is -1.33. The molecule has 0 radical (unpaired) electrons. The smallest absolute Gasteiger partial charge is 0.221 e. The number of carbonyl (C=O) groups is 2. The molecule has 2 rings (SSSR count). The van der Waals surface area contributed by atoms with E-state index >= 15 is 0 Å². The Morgan fingerprint density at radius 3 is 2.26 bits per heavy atom. The molecule has 0 aliphatic carbocycles. The highest BCUT2D eigenvalue weighted by Crippen LogP contribution is 2.23. The number of aromatic carboxylic acids is 1. The van der Waals surface area contributed by atoms with Crippen LogP contribution in [0, 0.1) is 0 Å². The summed E-state index contributed by atoms with van der Waals surface area (Å²) >= 11 is 0. The van der Waals surface area contributed by atoms with Gasteiger partial charge in [-0.3, -0.25) is 4.79 Å². The molecule has 0 unspecified atom stereocenters. The Morgan fingerprint density at radius 1 is 1.00 bits per heavy atom. The van der Waals surface area contributed by atoms with Crippen LogP contribution in [0.2, 0.25) is 0 Å². The van der Waals surface area contributed by atoms with Crippen LogP contribution in [-0.4, -0.2) is 11.9 Å². The van der Waals surface area contributed by atoms with Crippen molar-refractivity contribution in [3.8, 4) is 11.1 Å². The van der Waals surface area contributed by atoms with Crippen LogP contribution in [0.5, 0.6) is 0 Å². The molecule has 0 fully saturated rings. The summed E-state index contributed by atoms with van der Waals surface area (Å²) in [6, 6.07) is 13.7. The minimum Gasteiger partial charge on any atom is -0.545 e. The first-order valence-electron chi connectivity index (χ1n) is 5.76. The highest BCUT2D eigenvalue weighted by molar-refractivity contribution is 5.90. The van der Waals surface area contributed by atoms with E-state index in [1.807, 2.05) is 18.2 Å². The van der Waals surface area contributed by atoms with Crippen molar-refractivity contribution in [3.05, 3.63) is 54.1 Å². The molecule has 0 aliphatic rings. The summed E-state index contributed by atoms with van der Waals surface area (Å²) in [6.45, 7) is 1.45. The van der Waals surface area contributed by atoms with E-state index in [1.165, 1.54) is 19.1 Å². The van der Waals surface area contributed by atoms with Crippen molar-refractivity contribution in [2.75, 3.05) is 5.32 Å². The Balaban J connectivity index is 2.30. The zero-order valence-corrected chi connectivity index (χ0v) is 10.3. The standard InChI is InChI=1S/C15H13NO3/c1-10(17)16-14-4-2-3-13(9-14)11-5-7-12(8-6-11)15(18)19/h2-9H,1H3,(H,16,17)(H,18,19)/p-1. The first kappa shape index (κ1) is 12.8. The van der Waals surface area contributed by atoms with Crippen molar-refractivity contribution < 1.29 is 14.7 Å². The van der Waals surface area contributed by atoms with Crippen molar-refractivity contribution in [2.24, 2.45) is 0 Å². The fourth-order valence-electron chi connectivity index (χ4n) is 1.78. The molecule has 19 heavy (non-hydrogen) atoms. The van der Waals surface area contributed by atoms with Gasteiger partial charge in [0.2, 0.25) is 5.91 Å². The summed E-state index contributed by atoms with van der Waals surface area (Å²) in [5.41, 5.74) is 2.61. The number of carboxylic acids is 1. The van der Waals surface area contributed by atoms with Crippen molar-refractivity contribution in [1.82, 2.24) is 0 Å². The number of amides is 1. The molecule has 0 bridgehead atoms. The van der Waals surface area contributed by atoms with Crippen molar-refractivity contribution >= 4 is 17.6 Å². The molecule has 0 aliphatic heterocycles. The van der Waals surface area contributed by atoms with Gasteiger partial charge in [0, 0.05) is 12.6 Å². The van der Waals surface area contributed by atoms with Gasteiger partial charge >= 0.3 is 0 Å². The average molecular weight is 254 g/mol. The van der Waals surface area contributed by atoms with E-state index in [1.54, 1.807) is 18.2 Å². The van der Waals surface area contributed by atoms with Gasteiger partial charge in [0.1, 0.15) is 0 Å². The van der Waals surface area contributed by atoms with Gasteiger partial charge in [-0.2, -0.15) is 0 Å². The maximum atomic E-state index is 11.0. The third kappa shape index (κ3) is 3.19. The molecule has 2 aromatic rings. The Bertz CT molecular complexity index is 618.